The van der Waals surface area contributed by atoms with Gasteiger partial charge in [-0.05, 0) is 70.7 Å². The van der Waals surface area contributed by atoms with E-state index in [-0.39, 0.29) is 0 Å². The van der Waals surface area contributed by atoms with Crippen molar-refractivity contribution in [1.82, 2.24) is 0 Å². The Balaban J connectivity index is 1.62. The van der Waals surface area contributed by atoms with Gasteiger partial charge < -0.3 is 0 Å². The fourth-order valence-corrected chi connectivity index (χ4v) is 4.42. The lowest BCUT2D eigenvalue weighted by Crippen LogP contribution is -2.07. The van der Waals surface area contributed by atoms with Crippen molar-refractivity contribution in [3.8, 4) is 0 Å². The second-order valence-corrected chi connectivity index (χ2v) is 7.27. The molecule has 0 spiro atoms. The molecule has 0 saturated carbocycles. The highest BCUT2D eigenvalue weighted by Crippen LogP contribution is 2.40. The van der Waals surface area contributed by atoms with Crippen molar-refractivity contribution in [3.63, 3.8) is 0 Å². The Labute approximate surface area is 149 Å². The maximum atomic E-state index is 2.43. The van der Waals surface area contributed by atoms with E-state index in [9.17, 15) is 0 Å². The van der Waals surface area contributed by atoms with E-state index in [1.54, 1.807) is 11.1 Å². The highest BCUT2D eigenvalue weighted by Gasteiger charge is 2.20. The molecule has 0 fully saturated rings. The summed E-state index contributed by atoms with van der Waals surface area (Å²) in [6.45, 7) is 0. The molecule has 0 heterocycles. The second-order valence-electron chi connectivity index (χ2n) is 7.27. The summed E-state index contributed by atoms with van der Waals surface area (Å²) >= 11 is 0. The van der Waals surface area contributed by atoms with Crippen molar-refractivity contribution in [2.24, 2.45) is 0 Å². The number of hydrogen-bond donors (Lipinski definition) is 0. The van der Waals surface area contributed by atoms with E-state index in [1.165, 1.54) is 58.7 Å². The summed E-state index contributed by atoms with van der Waals surface area (Å²) < 4.78 is 0. The number of rotatable bonds is 2. The number of allylic oxidation sites excluding steroid dienone is 4. The molecular formula is C25H22. The zero-order valence-corrected chi connectivity index (χ0v) is 14.5. The predicted molar refractivity (Wildman–Crippen MR) is 107 cm³/mol. The fraction of sp³-hybridized carbons (Fsp3) is 0.200. The zero-order valence-electron chi connectivity index (χ0n) is 14.5. The van der Waals surface area contributed by atoms with Gasteiger partial charge in [0.25, 0.3) is 0 Å². The van der Waals surface area contributed by atoms with Gasteiger partial charge in [0.1, 0.15) is 0 Å². The maximum absolute atomic E-state index is 2.43. The molecule has 0 aromatic heterocycles. The van der Waals surface area contributed by atoms with Crippen LogP contribution in [0, 0.1) is 0 Å². The van der Waals surface area contributed by atoms with Crippen LogP contribution in [0.3, 0.4) is 0 Å². The van der Waals surface area contributed by atoms with Crippen molar-refractivity contribution in [3.05, 3.63) is 101 Å². The van der Waals surface area contributed by atoms with Crippen molar-refractivity contribution < 1.29 is 0 Å². The summed E-state index contributed by atoms with van der Waals surface area (Å²) in [6.07, 6.45) is 10.6. The molecule has 25 heavy (non-hydrogen) atoms. The van der Waals surface area contributed by atoms with Crippen LogP contribution in [0.5, 0.6) is 0 Å². The fourth-order valence-electron chi connectivity index (χ4n) is 4.42. The summed E-state index contributed by atoms with van der Waals surface area (Å²) in [6, 6.07) is 22.4. The van der Waals surface area contributed by atoms with Gasteiger partial charge >= 0.3 is 0 Å². The molecule has 0 amide bonds. The minimum Gasteiger partial charge on any atom is -0.0836 e. The van der Waals surface area contributed by atoms with Crippen LogP contribution in [0.4, 0.5) is 0 Å². The van der Waals surface area contributed by atoms with Crippen molar-refractivity contribution in [2.75, 3.05) is 0 Å². The molecule has 3 aromatic carbocycles. The third-order valence-corrected chi connectivity index (χ3v) is 5.69. The topological polar surface area (TPSA) is 0 Å². The first kappa shape index (κ1) is 14.7. The number of hydrogen-bond acceptors (Lipinski definition) is 0. The summed E-state index contributed by atoms with van der Waals surface area (Å²) in [4.78, 5) is 0. The third kappa shape index (κ3) is 2.62. The van der Waals surface area contributed by atoms with Crippen LogP contribution < -0.4 is 0 Å². The Morgan fingerprint density at radius 2 is 1.64 bits per heavy atom. The zero-order chi connectivity index (χ0) is 16.6. The van der Waals surface area contributed by atoms with Gasteiger partial charge in [-0.2, -0.15) is 0 Å². The molecule has 122 valence electrons. The van der Waals surface area contributed by atoms with Crippen LogP contribution in [0.25, 0.3) is 16.3 Å². The monoisotopic (exact) mass is 322 g/mol. The average molecular weight is 322 g/mol. The van der Waals surface area contributed by atoms with Gasteiger partial charge in [0.15, 0.2) is 0 Å². The number of aryl methyl sites for hydroxylation is 1. The smallest absolute Gasteiger partial charge is 0.00256 e. The first-order valence-electron chi connectivity index (χ1n) is 9.36. The molecule has 0 heteroatoms. The van der Waals surface area contributed by atoms with Gasteiger partial charge in [-0.15, -0.1) is 0 Å². The van der Waals surface area contributed by atoms with Gasteiger partial charge in [0.05, 0.1) is 0 Å². The van der Waals surface area contributed by atoms with Gasteiger partial charge in [-0.1, -0.05) is 78.4 Å². The lowest BCUT2D eigenvalue weighted by atomic mass is 9.79. The average Bonchev–Trinajstić information content (AvgIpc) is 2.68. The molecule has 5 rings (SSSR count). The van der Waals surface area contributed by atoms with Crippen LogP contribution in [0.2, 0.25) is 0 Å². The molecule has 0 unspecified atom stereocenters. The lowest BCUT2D eigenvalue weighted by Gasteiger charge is -2.25. The summed E-state index contributed by atoms with van der Waals surface area (Å²) in [5, 5.41) is 2.83. The highest BCUT2D eigenvalue weighted by atomic mass is 14.2. The molecule has 0 atom stereocenters. The van der Waals surface area contributed by atoms with Gasteiger partial charge in [-0.25, -0.2) is 0 Å². The molecule has 2 aliphatic rings. The maximum Gasteiger partial charge on any atom is -0.00256 e. The number of fused-ring (bicyclic) bond motifs is 4. The first-order valence-corrected chi connectivity index (χ1v) is 9.36. The standard InChI is InChI=1S/C25H22/c1-2-6-18(7-3-1)16-19-10-11-21-13-14-23-22-9-5-4-8-20(22)12-15-24(23)25(21)17-19/h1-3,5-7,9-11,13-14,17H,4,8,12,15-16H2. The van der Waals surface area contributed by atoms with Crippen molar-refractivity contribution in [1.29, 1.82) is 0 Å². The third-order valence-electron chi connectivity index (χ3n) is 5.69. The van der Waals surface area contributed by atoms with E-state index < -0.39 is 0 Å². The van der Waals surface area contributed by atoms with Gasteiger partial charge in [-0.3, -0.25) is 0 Å². The van der Waals surface area contributed by atoms with Crippen LogP contribution >= 0.6 is 0 Å². The van der Waals surface area contributed by atoms with Crippen molar-refractivity contribution in [2.45, 2.75) is 32.1 Å². The first-order chi connectivity index (χ1) is 12.4. The van der Waals surface area contributed by atoms with E-state index in [2.05, 4.69) is 72.8 Å². The molecule has 0 radical (unpaired) electrons. The quantitative estimate of drug-likeness (QED) is 0.506. The summed E-state index contributed by atoms with van der Waals surface area (Å²) in [5.74, 6) is 0. The summed E-state index contributed by atoms with van der Waals surface area (Å²) in [5.41, 5.74) is 8.98. The van der Waals surface area contributed by atoms with Crippen LogP contribution in [-0.4, -0.2) is 0 Å². The minimum atomic E-state index is 1.01. The Morgan fingerprint density at radius 1 is 0.760 bits per heavy atom. The summed E-state index contributed by atoms with van der Waals surface area (Å²) in [7, 11) is 0. The van der Waals surface area contributed by atoms with E-state index in [0.717, 1.165) is 6.42 Å². The van der Waals surface area contributed by atoms with Crippen molar-refractivity contribution >= 4 is 16.3 Å². The van der Waals surface area contributed by atoms with E-state index in [1.807, 2.05) is 0 Å². The molecule has 0 saturated heterocycles. The Hall–Kier alpha value is -2.60. The Morgan fingerprint density at radius 3 is 2.56 bits per heavy atom. The normalized spacial score (nSPS) is 16.0. The Kier molecular flexibility index (Phi) is 3.56. The molecular weight excluding hydrogens is 300 g/mol. The van der Waals surface area contributed by atoms with Gasteiger partial charge in [0, 0.05) is 0 Å². The van der Waals surface area contributed by atoms with Crippen LogP contribution in [0.15, 0.2) is 78.4 Å². The molecule has 0 bridgehead atoms. The minimum absolute atomic E-state index is 1.01. The van der Waals surface area contributed by atoms with E-state index in [4.69, 9.17) is 0 Å². The molecule has 0 aliphatic heterocycles. The lowest BCUT2D eigenvalue weighted by molar-refractivity contribution is 0.831. The van der Waals surface area contributed by atoms with Crippen LogP contribution in [0.1, 0.15) is 41.5 Å². The predicted octanol–water partition coefficient (Wildman–Crippen LogP) is 6.48. The van der Waals surface area contributed by atoms with Gasteiger partial charge in [0.2, 0.25) is 0 Å². The number of benzene rings is 3. The largest absolute Gasteiger partial charge is 0.0836 e. The molecule has 0 N–H and O–H groups in total. The highest BCUT2D eigenvalue weighted by molar-refractivity contribution is 5.94. The van der Waals surface area contributed by atoms with E-state index >= 15 is 0 Å². The molecule has 0 nitrogen and oxygen atoms in total. The second kappa shape index (κ2) is 6.04. The molecule has 3 aromatic rings. The molecule has 2 aliphatic carbocycles. The van der Waals surface area contributed by atoms with Crippen LogP contribution in [-0.2, 0) is 12.8 Å². The Bertz CT molecular complexity index is 1000. The SMILES string of the molecule is C1=CC2=C(CC1)CCc1c2ccc2ccc(Cc3ccccc3)cc12. The van der Waals surface area contributed by atoms with E-state index in [0.29, 0.717) is 0 Å².